The number of hydrogen-bond donors (Lipinski definition) is 3. The molecule has 4 rings (SSSR count). The summed E-state index contributed by atoms with van der Waals surface area (Å²) in [6, 6.07) is 3.35. The first-order valence-corrected chi connectivity index (χ1v) is 9.68. The number of aromatic nitrogens is 2. The molecule has 5 nitrogen and oxygen atoms in total. The molecular formula is C20H27N3O2. The van der Waals surface area contributed by atoms with Crippen LogP contribution in [0.25, 0.3) is 11.0 Å². The van der Waals surface area contributed by atoms with Crippen LogP contribution in [0.4, 0.5) is 0 Å². The number of fused-ring (bicyclic) bond motifs is 1. The van der Waals surface area contributed by atoms with E-state index in [-0.39, 0.29) is 11.5 Å². The summed E-state index contributed by atoms with van der Waals surface area (Å²) in [5.74, 6) is 2.28. The number of aromatic amines is 1. The lowest BCUT2D eigenvalue weighted by molar-refractivity contribution is 0.0973. The first-order valence-electron chi connectivity index (χ1n) is 9.68. The van der Waals surface area contributed by atoms with Gasteiger partial charge in [-0.1, -0.05) is 12.8 Å². The monoisotopic (exact) mass is 341 g/mol. The zero-order valence-corrected chi connectivity index (χ0v) is 14.7. The van der Waals surface area contributed by atoms with Gasteiger partial charge >= 0.3 is 0 Å². The number of nitrogens with one attached hydrogen (secondary N) is 2. The largest absolute Gasteiger partial charge is 0.506 e. The third-order valence-electron chi connectivity index (χ3n) is 5.86. The number of rotatable bonds is 5. The zero-order valence-electron chi connectivity index (χ0n) is 14.7. The number of ketones is 1. The van der Waals surface area contributed by atoms with Crippen molar-refractivity contribution in [2.24, 2.45) is 5.92 Å². The number of piperidine rings is 1. The summed E-state index contributed by atoms with van der Waals surface area (Å²) >= 11 is 0. The fraction of sp³-hybridized carbons (Fsp3) is 0.600. The summed E-state index contributed by atoms with van der Waals surface area (Å²) in [6.45, 7) is 2.12. The lowest BCUT2D eigenvalue weighted by atomic mass is 9.92. The van der Waals surface area contributed by atoms with E-state index in [1.807, 2.05) is 0 Å². The molecule has 1 aliphatic heterocycles. The summed E-state index contributed by atoms with van der Waals surface area (Å²) in [6.07, 6.45) is 8.62. The van der Waals surface area contributed by atoms with Crippen LogP contribution < -0.4 is 5.32 Å². The van der Waals surface area contributed by atoms with Gasteiger partial charge in [-0.25, -0.2) is 4.98 Å². The van der Waals surface area contributed by atoms with Gasteiger partial charge in [0.15, 0.2) is 5.78 Å². The molecule has 0 spiro atoms. The zero-order chi connectivity index (χ0) is 17.2. The Balaban J connectivity index is 1.55. The standard InChI is InChI=1S/C20H27N3O2/c24-16(9-7-13-4-3-11-21-12-13)15-8-10-17(25)19-18(15)22-20(23-19)14-5-1-2-6-14/h8,10,13-14,21,25H,1-7,9,11-12H2,(H,22,23). The highest BCUT2D eigenvalue weighted by molar-refractivity contribution is 6.07. The van der Waals surface area contributed by atoms with Crippen LogP contribution in [0.15, 0.2) is 12.1 Å². The molecule has 2 fully saturated rings. The van der Waals surface area contributed by atoms with Gasteiger partial charge in [-0.3, -0.25) is 4.79 Å². The highest BCUT2D eigenvalue weighted by Crippen LogP contribution is 2.35. The number of H-pyrrole nitrogens is 1. The minimum atomic E-state index is 0.139. The van der Waals surface area contributed by atoms with E-state index in [1.54, 1.807) is 12.1 Å². The summed E-state index contributed by atoms with van der Waals surface area (Å²) in [4.78, 5) is 20.8. The van der Waals surface area contributed by atoms with E-state index in [4.69, 9.17) is 4.98 Å². The fourth-order valence-corrected chi connectivity index (χ4v) is 4.35. The maximum Gasteiger partial charge on any atom is 0.165 e. The van der Waals surface area contributed by atoms with Crippen LogP contribution in [-0.2, 0) is 0 Å². The van der Waals surface area contributed by atoms with E-state index >= 15 is 0 Å². The van der Waals surface area contributed by atoms with Gasteiger partial charge in [0, 0.05) is 17.9 Å². The summed E-state index contributed by atoms with van der Waals surface area (Å²) in [5, 5.41) is 13.6. The van der Waals surface area contributed by atoms with Crippen molar-refractivity contribution in [3.63, 3.8) is 0 Å². The molecule has 1 unspecified atom stereocenters. The molecule has 5 heteroatoms. The van der Waals surface area contributed by atoms with Crippen molar-refractivity contribution in [3.8, 4) is 5.75 Å². The average Bonchev–Trinajstić information content (AvgIpc) is 3.30. The molecule has 1 saturated heterocycles. The number of aromatic hydroxyl groups is 1. The van der Waals surface area contributed by atoms with Gasteiger partial charge in [-0.2, -0.15) is 0 Å². The SMILES string of the molecule is O=C(CCC1CCCNC1)c1ccc(O)c2[nH]c(C3CCCC3)nc12. The van der Waals surface area contributed by atoms with Crippen molar-refractivity contribution >= 4 is 16.8 Å². The van der Waals surface area contributed by atoms with E-state index in [0.29, 0.717) is 34.9 Å². The van der Waals surface area contributed by atoms with Crippen molar-refractivity contribution in [2.75, 3.05) is 13.1 Å². The molecular weight excluding hydrogens is 314 g/mol. The molecule has 0 amide bonds. The first kappa shape index (κ1) is 16.6. The Morgan fingerprint density at radius 3 is 2.80 bits per heavy atom. The quantitative estimate of drug-likeness (QED) is 0.721. The highest BCUT2D eigenvalue weighted by Gasteiger charge is 2.24. The van der Waals surface area contributed by atoms with Crippen LogP contribution in [0.3, 0.4) is 0 Å². The van der Waals surface area contributed by atoms with Crippen LogP contribution in [0.1, 0.15) is 73.5 Å². The summed E-state index contributed by atoms with van der Waals surface area (Å²) in [7, 11) is 0. The summed E-state index contributed by atoms with van der Waals surface area (Å²) < 4.78 is 0. The minimum Gasteiger partial charge on any atom is -0.506 e. The maximum atomic E-state index is 12.8. The molecule has 1 atom stereocenters. The van der Waals surface area contributed by atoms with Crippen LogP contribution in [0.2, 0.25) is 0 Å². The van der Waals surface area contributed by atoms with Crippen molar-refractivity contribution < 1.29 is 9.90 Å². The summed E-state index contributed by atoms with van der Waals surface area (Å²) in [5.41, 5.74) is 1.91. The fourth-order valence-electron chi connectivity index (χ4n) is 4.35. The van der Waals surface area contributed by atoms with Crippen LogP contribution in [0.5, 0.6) is 5.75 Å². The van der Waals surface area contributed by atoms with E-state index < -0.39 is 0 Å². The van der Waals surface area contributed by atoms with E-state index in [2.05, 4.69) is 10.3 Å². The van der Waals surface area contributed by atoms with Crippen LogP contribution >= 0.6 is 0 Å². The molecule has 1 aromatic heterocycles. The molecule has 2 heterocycles. The Morgan fingerprint density at radius 2 is 2.04 bits per heavy atom. The van der Waals surface area contributed by atoms with Gasteiger partial charge in [-0.15, -0.1) is 0 Å². The van der Waals surface area contributed by atoms with E-state index in [9.17, 15) is 9.90 Å². The number of benzene rings is 1. The number of carbonyl (C=O) groups is 1. The topological polar surface area (TPSA) is 78.0 Å². The van der Waals surface area contributed by atoms with Crippen LogP contribution in [-0.4, -0.2) is 33.9 Å². The van der Waals surface area contributed by atoms with Gasteiger partial charge in [0.05, 0.1) is 0 Å². The third kappa shape index (κ3) is 3.43. The molecule has 2 aliphatic rings. The van der Waals surface area contributed by atoms with Crippen molar-refractivity contribution in [1.82, 2.24) is 15.3 Å². The predicted molar refractivity (Wildman–Crippen MR) is 98.1 cm³/mol. The average molecular weight is 341 g/mol. The van der Waals surface area contributed by atoms with Crippen molar-refractivity contribution in [2.45, 2.75) is 57.3 Å². The predicted octanol–water partition coefficient (Wildman–Crippen LogP) is 3.89. The number of phenolic OH excluding ortho intramolecular Hbond substituents is 1. The second-order valence-corrected chi connectivity index (χ2v) is 7.63. The molecule has 3 N–H and O–H groups in total. The lowest BCUT2D eigenvalue weighted by Gasteiger charge is -2.22. The second-order valence-electron chi connectivity index (χ2n) is 7.63. The Kier molecular flexibility index (Phi) is 4.75. The van der Waals surface area contributed by atoms with Crippen LogP contribution in [0, 0.1) is 5.92 Å². The molecule has 1 saturated carbocycles. The molecule has 0 radical (unpaired) electrons. The number of imidazole rings is 1. The second kappa shape index (κ2) is 7.16. The molecule has 134 valence electrons. The number of hydrogen-bond acceptors (Lipinski definition) is 4. The van der Waals surface area contributed by atoms with Gasteiger partial charge in [0.2, 0.25) is 0 Å². The maximum absolute atomic E-state index is 12.8. The van der Waals surface area contributed by atoms with Crippen molar-refractivity contribution in [1.29, 1.82) is 0 Å². The third-order valence-corrected chi connectivity index (χ3v) is 5.86. The van der Waals surface area contributed by atoms with Crippen molar-refractivity contribution in [3.05, 3.63) is 23.5 Å². The lowest BCUT2D eigenvalue weighted by Crippen LogP contribution is -2.30. The molecule has 2 aromatic rings. The molecule has 0 bridgehead atoms. The smallest absolute Gasteiger partial charge is 0.165 e. The number of nitrogens with zero attached hydrogens (tertiary/aromatic N) is 1. The Morgan fingerprint density at radius 1 is 1.20 bits per heavy atom. The number of Topliss-reactive ketones (excluding diaryl/α,β-unsaturated/α-hetero) is 1. The first-order chi connectivity index (χ1) is 12.2. The number of phenols is 1. The Labute approximate surface area is 148 Å². The minimum absolute atomic E-state index is 0.139. The van der Waals surface area contributed by atoms with Gasteiger partial charge in [0.25, 0.3) is 0 Å². The Hall–Kier alpha value is -1.88. The van der Waals surface area contributed by atoms with E-state index in [0.717, 1.165) is 38.2 Å². The van der Waals surface area contributed by atoms with Gasteiger partial charge in [0.1, 0.15) is 22.6 Å². The molecule has 1 aliphatic carbocycles. The van der Waals surface area contributed by atoms with E-state index in [1.165, 1.54) is 25.7 Å². The normalized spacial score (nSPS) is 21.8. The molecule has 25 heavy (non-hydrogen) atoms. The molecule has 1 aromatic carbocycles. The Bertz CT molecular complexity index is 756. The highest BCUT2D eigenvalue weighted by atomic mass is 16.3. The van der Waals surface area contributed by atoms with Gasteiger partial charge < -0.3 is 15.4 Å². The number of carbonyl (C=O) groups excluding carboxylic acids is 1. The van der Waals surface area contributed by atoms with Gasteiger partial charge in [-0.05, 0) is 63.2 Å².